The fourth-order valence-electron chi connectivity index (χ4n) is 12.3. The lowest BCUT2D eigenvalue weighted by molar-refractivity contribution is 0.332. The first-order valence-electron chi connectivity index (χ1n) is 23.9. The van der Waals surface area contributed by atoms with Crippen molar-refractivity contribution in [2.45, 2.75) is 96.8 Å². The second-order valence-corrected chi connectivity index (χ2v) is 24.5. The minimum Gasteiger partial charge on any atom is -0.310 e. The van der Waals surface area contributed by atoms with Gasteiger partial charge in [0.1, 0.15) is 0 Å². The predicted octanol–water partition coefficient (Wildman–Crippen LogP) is 15.8. The number of benzene rings is 7. The number of hydrogen-bond donors (Lipinski definition) is 0. The lowest BCUT2D eigenvalue weighted by Gasteiger charge is -2.44. The summed E-state index contributed by atoms with van der Waals surface area (Å²) in [6.45, 7) is 21.7. The van der Waals surface area contributed by atoms with Crippen molar-refractivity contribution in [1.29, 1.82) is 0 Å². The fourth-order valence-corrected chi connectivity index (χ4v) is 15.2. The highest BCUT2D eigenvalue weighted by molar-refractivity contribution is 7.40. The van der Waals surface area contributed by atoms with Gasteiger partial charge in [0.2, 0.25) is 0 Å². The summed E-state index contributed by atoms with van der Waals surface area (Å²) in [5, 5.41) is 4.14. The summed E-state index contributed by atoms with van der Waals surface area (Å²) < 4.78 is 4.32. The van der Waals surface area contributed by atoms with E-state index in [9.17, 15) is 0 Å². The van der Waals surface area contributed by atoms with Gasteiger partial charge < -0.3 is 9.80 Å². The molecule has 5 heteroatoms. The molecule has 0 bridgehead atoms. The topological polar surface area (TPSA) is 6.48 Å². The van der Waals surface area contributed by atoms with Gasteiger partial charge in [-0.2, -0.15) is 0 Å². The van der Waals surface area contributed by atoms with Crippen LogP contribution in [-0.2, 0) is 21.7 Å². The zero-order valence-electron chi connectivity index (χ0n) is 39.6. The second-order valence-electron chi connectivity index (χ2n) is 22.4. The standard InChI is InChI=1S/C61H55BN2S2/c1-58(2,3)37-26-28-38(29-27-37)64-50-33-39(63-48-24-15-13-22-44(48)61(8,9)45-23-14-16-25-49(45)63)32-42-40-20-17-21-41-52(40)56(66-55(41)36-18-11-10-12-19-36)62(53(42)50)57-54(64)43-34-46-47(35-51(43)65-57)60(6,7)31-30-59(46,4)5/h10-29,32-35H,30-31H2,1-9H3. The van der Waals surface area contributed by atoms with E-state index in [1.807, 2.05) is 22.7 Å². The third-order valence-electron chi connectivity index (χ3n) is 16.1. The average molecular weight is 891 g/mol. The Hall–Kier alpha value is -5.88. The zero-order chi connectivity index (χ0) is 45.2. The summed E-state index contributed by atoms with van der Waals surface area (Å²) in [5.74, 6) is 0. The van der Waals surface area contributed by atoms with Gasteiger partial charge in [0.05, 0.1) is 17.1 Å². The minimum absolute atomic E-state index is 0.0375. The molecular formula is C61H55BN2S2. The van der Waals surface area contributed by atoms with Crippen molar-refractivity contribution in [2.24, 2.45) is 0 Å². The van der Waals surface area contributed by atoms with E-state index in [4.69, 9.17) is 0 Å². The maximum Gasteiger partial charge on any atom is 0.273 e. The molecule has 0 saturated heterocycles. The molecule has 1 aliphatic carbocycles. The first kappa shape index (κ1) is 40.4. The Labute approximate surface area is 398 Å². The van der Waals surface area contributed by atoms with Crippen LogP contribution in [0.1, 0.15) is 103 Å². The first-order valence-corrected chi connectivity index (χ1v) is 25.6. The minimum atomic E-state index is -0.158. The lowest BCUT2D eigenvalue weighted by atomic mass is 9.37. The van der Waals surface area contributed by atoms with Gasteiger partial charge in [0.15, 0.2) is 0 Å². The Morgan fingerprint density at radius 3 is 1.82 bits per heavy atom. The molecule has 324 valence electrons. The van der Waals surface area contributed by atoms with Crippen LogP contribution in [0.4, 0.5) is 34.1 Å². The van der Waals surface area contributed by atoms with E-state index in [1.165, 1.54) is 132 Å². The van der Waals surface area contributed by atoms with Gasteiger partial charge in [0.25, 0.3) is 6.71 Å². The number of nitrogens with zero attached hydrogens (tertiary/aromatic N) is 2. The molecule has 2 nitrogen and oxygen atoms in total. The van der Waals surface area contributed by atoms with E-state index < -0.39 is 0 Å². The molecule has 13 rings (SSSR count). The van der Waals surface area contributed by atoms with Gasteiger partial charge in [0, 0.05) is 47.6 Å². The average Bonchev–Trinajstić information content (AvgIpc) is 3.88. The van der Waals surface area contributed by atoms with Gasteiger partial charge >= 0.3 is 0 Å². The second kappa shape index (κ2) is 13.6. The van der Waals surface area contributed by atoms with E-state index in [0.717, 1.165) is 0 Å². The monoisotopic (exact) mass is 890 g/mol. The summed E-state index contributed by atoms with van der Waals surface area (Å²) in [7, 11) is 0. The van der Waals surface area contributed by atoms with Crippen molar-refractivity contribution in [1.82, 2.24) is 0 Å². The molecule has 3 aliphatic heterocycles. The molecule has 5 heterocycles. The smallest absolute Gasteiger partial charge is 0.273 e. The highest BCUT2D eigenvalue weighted by atomic mass is 32.1. The summed E-state index contributed by atoms with van der Waals surface area (Å²) in [4.78, 5) is 6.62. The number of para-hydroxylation sites is 2. The highest BCUT2D eigenvalue weighted by Gasteiger charge is 2.47. The molecule has 0 saturated carbocycles. The molecule has 66 heavy (non-hydrogen) atoms. The Morgan fingerprint density at radius 2 is 1.15 bits per heavy atom. The van der Waals surface area contributed by atoms with Crippen LogP contribution in [0, 0.1) is 0 Å². The zero-order valence-corrected chi connectivity index (χ0v) is 41.2. The molecule has 7 aromatic carbocycles. The molecule has 0 amide bonds. The third kappa shape index (κ3) is 5.53. The van der Waals surface area contributed by atoms with E-state index in [-0.39, 0.29) is 28.4 Å². The van der Waals surface area contributed by atoms with Crippen LogP contribution in [0.5, 0.6) is 0 Å². The third-order valence-corrected chi connectivity index (χ3v) is 18.6. The molecule has 0 unspecified atom stereocenters. The Bertz CT molecular complexity index is 3460. The molecule has 0 fully saturated rings. The van der Waals surface area contributed by atoms with Gasteiger partial charge in [-0.3, -0.25) is 0 Å². The SMILES string of the molecule is CC(C)(C)c1ccc(N2c3cc(N4c5ccccc5C(C)(C)c5ccccc54)cc4c3B(c3sc5cc6c(cc5c32)C(C)(C)CCC6(C)C)c2sc(-c3ccccc3)c3cccc-4c23)cc1. The van der Waals surface area contributed by atoms with Crippen molar-refractivity contribution in [3.05, 3.63) is 173 Å². The summed E-state index contributed by atoms with van der Waals surface area (Å²) in [6.07, 6.45) is 2.38. The Balaban J connectivity index is 1.18. The Kier molecular flexibility index (Phi) is 8.34. The van der Waals surface area contributed by atoms with E-state index >= 15 is 0 Å². The highest BCUT2D eigenvalue weighted by Crippen LogP contribution is 2.56. The molecule has 0 atom stereocenters. The molecule has 2 aromatic heterocycles. The molecule has 0 radical (unpaired) electrons. The largest absolute Gasteiger partial charge is 0.310 e. The van der Waals surface area contributed by atoms with E-state index in [0.29, 0.717) is 0 Å². The maximum absolute atomic E-state index is 2.69. The van der Waals surface area contributed by atoms with Crippen LogP contribution in [0.15, 0.2) is 146 Å². The maximum atomic E-state index is 2.69. The summed E-state index contributed by atoms with van der Waals surface area (Å²) >= 11 is 4.07. The van der Waals surface area contributed by atoms with Crippen molar-refractivity contribution >= 4 is 99.4 Å². The molecule has 9 aromatic rings. The van der Waals surface area contributed by atoms with Crippen molar-refractivity contribution in [3.8, 4) is 21.6 Å². The summed E-state index contributed by atoms with van der Waals surface area (Å²) in [5.41, 5.74) is 20.0. The van der Waals surface area contributed by atoms with Crippen LogP contribution in [0.25, 0.3) is 42.4 Å². The number of anilines is 6. The van der Waals surface area contributed by atoms with Crippen LogP contribution in [0.3, 0.4) is 0 Å². The number of fused-ring (bicyclic) bond motifs is 9. The molecule has 0 N–H and O–H groups in total. The first-order chi connectivity index (χ1) is 31.6. The van der Waals surface area contributed by atoms with E-state index in [1.54, 1.807) is 0 Å². The summed E-state index contributed by atoms with van der Waals surface area (Å²) in [6, 6.07) is 56.4. The number of thiophene rings is 2. The lowest BCUT2D eigenvalue weighted by Crippen LogP contribution is -2.57. The quantitative estimate of drug-likeness (QED) is 0.163. The van der Waals surface area contributed by atoms with Crippen LogP contribution in [-0.4, -0.2) is 6.71 Å². The van der Waals surface area contributed by atoms with Gasteiger partial charge in [-0.15, -0.1) is 22.7 Å². The normalized spacial score (nSPS) is 17.0. The molecular weight excluding hydrogens is 836 g/mol. The fraction of sp³-hybridized carbons (Fsp3) is 0.246. The predicted molar refractivity (Wildman–Crippen MR) is 288 cm³/mol. The van der Waals surface area contributed by atoms with Crippen LogP contribution < -0.4 is 24.8 Å². The van der Waals surface area contributed by atoms with Crippen molar-refractivity contribution < 1.29 is 0 Å². The molecule has 4 aliphatic rings. The van der Waals surface area contributed by atoms with Crippen LogP contribution in [0.2, 0.25) is 0 Å². The number of rotatable bonds is 3. The van der Waals surface area contributed by atoms with Crippen molar-refractivity contribution in [2.75, 3.05) is 9.80 Å². The van der Waals surface area contributed by atoms with Crippen LogP contribution >= 0.6 is 22.7 Å². The van der Waals surface area contributed by atoms with Crippen molar-refractivity contribution in [3.63, 3.8) is 0 Å². The van der Waals surface area contributed by atoms with Gasteiger partial charge in [-0.25, -0.2) is 0 Å². The molecule has 0 spiro atoms. The number of hydrogen-bond acceptors (Lipinski definition) is 4. The van der Waals surface area contributed by atoms with E-state index in [2.05, 4.69) is 218 Å². The van der Waals surface area contributed by atoms with Gasteiger partial charge in [-0.1, -0.05) is 159 Å². The Morgan fingerprint density at radius 1 is 0.515 bits per heavy atom. The van der Waals surface area contributed by atoms with Gasteiger partial charge in [-0.05, 0) is 138 Å².